The van der Waals surface area contributed by atoms with Crippen molar-refractivity contribution in [1.82, 2.24) is 5.32 Å². The van der Waals surface area contributed by atoms with Gasteiger partial charge in [0, 0.05) is 6.42 Å². The van der Waals surface area contributed by atoms with Crippen LogP contribution in [0.25, 0.3) is 0 Å². The summed E-state index contributed by atoms with van der Waals surface area (Å²) in [6, 6.07) is -0.977. The predicted octanol–water partition coefficient (Wildman–Crippen LogP) is 12.2. The van der Waals surface area contributed by atoms with Crippen LogP contribution in [-0.4, -0.2) is 193 Å². The molecule has 3 aliphatic heterocycles. The first-order valence-electron chi connectivity index (χ1n) is 38.8. The third-order valence-corrected chi connectivity index (χ3v) is 18.9. The van der Waals surface area contributed by atoms with Crippen molar-refractivity contribution in [2.75, 3.05) is 26.4 Å². The number of carbonyl (C=O) groups is 1. The number of amides is 1. The Balaban J connectivity index is 1.35. The van der Waals surface area contributed by atoms with Gasteiger partial charge >= 0.3 is 0 Å². The molecule has 0 spiro atoms. The van der Waals surface area contributed by atoms with Gasteiger partial charge in [-0.1, -0.05) is 285 Å². The second kappa shape index (κ2) is 59.4. The molecule has 0 radical (unpaired) electrons. The van der Waals surface area contributed by atoms with Gasteiger partial charge < -0.3 is 89.9 Å². The number of aliphatic hydroxyl groups excluding tert-OH is 11. The van der Waals surface area contributed by atoms with E-state index in [0.717, 1.165) is 83.5 Å². The lowest BCUT2D eigenvalue weighted by Gasteiger charge is -2.48. The Hall–Kier alpha value is -3.03. The van der Waals surface area contributed by atoms with Crippen molar-refractivity contribution in [2.24, 2.45) is 0 Å². The molecular weight excluding hydrogens is 1250 g/mol. The highest BCUT2D eigenvalue weighted by Crippen LogP contribution is 2.33. The molecule has 19 nitrogen and oxygen atoms in total. The molecule has 0 aromatic rings. The second-order valence-electron chi connectivity index (χ2n) is 27.4. The lowest BCUT2D eigenvalue weighted by molar-refractivity contribution is -0.379. The fourth-order valence-electron chi connectivity index (χ4n) is 12.7. The molecule has 3 heterocycles. The van der Waals surface area contributed by atoms with Crippen molar-refractivity contribution in [3.63, 3.8) is 0 Å². The molecule has 0 aromatic carbocycles. The number of ether oxygens (including phenoxy) is 6. The zero-order valence-electron chi connectivity index (χ0n) is 60.5. The standard InChI is InChI=1S/C79H139NO18/c1-3-5-7-9-11-13-15-17-19-21-23-24-25-26-27-28-29-30-31-32-33-34-35-36-37-38-39-41-43-45-47-49-51-53-55-57-67(85)80-62(63(84)56-54-52-50-48-46-44-42-40-22-20-18-16-14-12-10-8-6-4-2)61-93-77-73(91)70(88)75(65(59-82)95-77)98-79-74(92)71(89)76(66(60-83)96-79)97-78-72(90)69(87)68(86)64(58-81)94-78/h5,7,11,13,17,19,23-24,26-27,29-30,54,56,62-66,68-79,81-84,86-92H,3-4,6,8-10,12,14-16,18,20-22,25,28,31-53,55,57-61H2,1-2H3,(H,80,85)/b7-5-,13-11-,19-17-,24-23-,27-26-,30-29-,56-54+. The summed E-state index contributed by atoms with van der Waals surface area (Å²) in [5, 5.41) is 121. The van der Waals surface area contributed by atoms with Crippen LogP contribution >= 0.6 is 0 Å². The normalized spacial score (nSPS) is 27.2. The highest BCUT2D eigenvalue weighted by atomic mass is 16.8. The Morgan fingerprint density at radius 1 is 0.378 bits per heavy atom. The van der Waals surface area contributed by atoms with Crippen molar-refractivity contribution >= 4 is 5.91 Å². The summed E-state index contributed by atoms with van der Waals surface area (Å²) in [5.74, 6) is -0.275. The lowest BCUT2D eigenvalue weighted by Crippen LogP contribution is -2.66. The van der Waals surface area contributed by atoms with Crippen LogP contribution in [0.5, 0.6) is 0 Å². The lowest BCUT2D eigenvalue weighted by atomic mass is 9.96. The van der Waals surface area contributed by atoms with Crippen molar-refractivity contribution in [3.8, 4) is 0 Å². The van der Waals surface area contributed by atoms with E-state index in [9.17, 15) is 61.0 Å². The van der Waals surface area contributed by atoms with Gasteiger partial charge in [0.05, 0.1) is 38.6 Å². The molecule has 0 aromatic heterocycles. The van der Waals surface area contributed by atoms with E-state index < -0.39 is 124 Å². The van der Waals surface area contributed by atoms with E-state index in [0.29, 0.717) is 6.42 Å². The summed E-state index contributed by atoms with van der Waals surface area (Å²) in [4.78, 5) is 13.5. The third-order valence-electron chi connectivity index (χ3n) is 18.9. The predicted molar refractivity (Wildman–Crippen MR) is 388 cm³/mol. The first kappa shape index (κ1) is 89.2. The Morgan fingerprint density at radius 3 is 1.10 bits per heavy atom. The Labute approximate surface area is 590 Å². The molecule has 3 rings (SSSR count). The molecule has 3 fully saturated rings. The monoisotopic (exact) mass is 1390 g/mol. The van der Waals surface area contributed by atoms with Crippen LogP contribution in [0.3, 0.4) is 0 Å². The molecule has 19 heteroatoms. The zero-order chi connectivity index (χ0) is 71.1. The van der Waals surface area contributed by atoms with Gasteiger partial charge in [0.15, 0.2) is 18.9 Å². The number of aliphatic hydroxyl groups is 11. The van der Waals surface area contributed by atoms with E-state index in [2.05, 4.69) is 92.1 Å². The SMILES string of the molecule is CC/C=C\C/C=C\C/C=C\C/C=C\C/C=C\C/C=C\CCCCCCCCCCCCCCCCCCC(=O)NC(COC1OC(CO)C(OC2OC(CO)C(OC3OC(CO)C(O)C(O)C3O)C(O)C2O)C(O)C1O)C(O)/C=C/CCCCCCCCCCCCCCCCCC. The van der Waals surface area contributed by atoms with Crippen molar-refractivity contribution in [1.29, 1.82) is 0 Å². The number of carbonyl (C=O) groups excluding carboxylic acids is 1. The van der Waals surface area contributed by atoms with Crippen LogP contribution in [-0.2, 0) is 33.2 Å². The minimum absolute atomic E-state index is 0.241. The van der Waals surface area contributed by atoms with Gasteiger partial charge in [0.1, 0.15) is 73.2 Å². The summed E-state index contributed by atoms with van der Waals surface area (Å²) in [5.41, 5.74) is 0. The van der Waals surface area contributed by atoms with Gasteiger partial charge in [-0.3, -0.25) is 4.79 Å². The summed E-state index contributed by atoms with van der Waals surface area (Å²) < 4.78 is 34.4. The Kier molecular flexibility index (Phi) is 54.0. The van der Waals surface area contributed by atoms with Crippen molar-refractivity contribution in [2.45, 2.75) is 381 Å². The van der Waals surface area contributed by atoms with Gasteiger partial charge in [-0.05, 0) is 70.6 Å². The van der Waals surface area contributed by atoms with Gasteiger partial charge in [-0.15, -0.1) is 0 Å². The maximum atomic E-state index is 13.5. The topological polar surface area (TPSA) is 307 Å². The molecule has 1 amide bonds. The van der Waals surface area contributed by atoms with E-state index >= 15 is 0 Å². The number of nitrogens with one attached hydrogen (secondary N) is 1. The van der Waals surface area contributed by atoms with Crippen LogP contribution in [0, 0.1) is 0 Å². The molecule has 0 bridgehead atoms. The molecule has 98 heavy (non-hydrogen) atoms. The molecule has 0 aliphatic carbocycles. The van der Waals surface area contributed by atoms with Crippen LogP contribution in [0.4, 0.5) is 0 Å². The van der Waals surface area contributed by atoms with Gasteiger partial charge in [-0.25, -0.2) is 0 Å². The van der Waals surface area contributed by atoms with Crippen LogP contribution in [0.2, 0.25) is 0 Å². The maximum absolute atomic E-state index is 13.5. The first-order valence-corrected chi connectivity index (χ1v) is 38.8. The van der Waals surface area contributed by atoms with Crippen LogP contribution < -0.4 is 5.32 Å². The molecule has 12 N–H and O–H groups in total. The number of hydrogen-bond donors (Lipinski definition) is 12. The summed E-state index contributed by atoms with van der Waals surface area (Å²) in [6.45, 7) is 1.64. The Morgan fingerprint density at radius 2 is 0.704 bits per heavy atom. The van der Waals surface area contributed by atoms with Crippen molar-refractivity contribution in [3.05, 3.63) is 85.1 Å². The average molecular weight is 1390 g/mol. The van der Waals surface area contributed by atoms with Crippen LogP contribution in [0.15, 0.2) is 85.1 Å². The molecule has 17 unspecified atom stereocenters. The zero-order valence-corrected chi connectivity index (χ0v) is 60.5. The summed E-state index contributed by atoms with van der Waals surface area (Å²) >= 11 is 0. The largest absolute Gasteiger partial charge is 0.394 e. The Bertz CT molecular complexity index is 2100. The van der Waals surface area contributed by atoms with Gasteiger partial charge in [-0.2, -0.15) is 0 Å². The van der Waals surface area contributed by atoms with Crippen molar-refractivity contribution < 1.29 is 89.4 Å². The fraction of sp³-hybridized carbons (Fsp3) is 0.810. The third kappa shape index (κ3) is 39.6. The van der Waals surface area contributed by atoms with Gasteiger partial charge in [0.25, 0.3) is 0 Å². The van der Waals surface area contributed by atoms with E-state index in [1.165, 1.54) is 167 Å². The molecular formula is C79H139NO18. The minimum atomic E-state index is -1.98. The fourth-order valence-corrected chi connectivity index (χ4v) is 12.7. The molecule has 3 saturated heterocycles. The van der Waals surface area contributed by atoms with Gasteiger partial charge in [0.2, 0.25) is 5.91 Å². The molecule has 17 atom stereocenters. The number of hydrogen-bond acceptors (Lipinski definition) is 18. The van der Waals surface area contributed by atoms with E-state index in [4.69, 9.17) is 28.4 Å². The second-order valence-corrected chi connectivity index (χ2v) is 27.4. The van der Waals surface area contributed by atoms with Crippen LogP contribution in [0.1, 0.15) is 277 Å². The molecule has 0 saturated carbocycles. The smallest absolute Gasteiger partial charge is 0.220 e. The first-order chi connectivity index (χ1) is 47.8. The van der Waals surface area contributed by atoms with E-state index in [1.807, 2.05) is 6.08 Å². The quantitative estimate of drug-likeness (QED) is 0.0199. The highest BCUT2D eigenvalue weighted by Gasteiger charge is 2.53. The number of rotatable bonds is 60. The number of unbranched alkanes of at least 4 members (excludes halogenated alkanes) is 32. The molecule has 3 aliphatic rings. The minimum Gasteiger partial charge on any atom is -0.394 e. The summed E-state index contributed by atoms with van der Waals surface area (Å²) in [7, 11) is 0. The van der Waals surface area contributed by atoms with E-state index in [1.54, 1.807) is 6.08 Å². The summed E-state index contributed by atoms with van der Waals surface area (Å²) in [6.07, 6.45) is 51.3. The molecule has 568 valence electrons. The highest BCUT2D eigenvalue weighted by molar-refractivity contribution is 5.76. The maximum Gasteiger partial charge on any atom is 0.220 e. The average Bonchev–Trinajstić information content (AvgIpc) is 0.785. The number of allylic oxidation sites excluding steroid dienone is 13. The van der Waals surface area contributed by atoms with E-state index in [-0.39, 0.29) is 18.9 Å².